The fraction of sp³-hybridized carbons (Fsp3) is 0.385. The fourth-order valence-electron chi connectivity index (χ4n) is 4.36. The number of rotatable bonds is 8. The van der Waals surface area contributed by atoms with Gasteiger partial charge in [0.2, 0.25) is 5.95 Å². The second kappa shape index (κ2) is 10.2. The van der Waals surface area contributed by atoms with Gasteiger partial charge in [0.25, 0.3) is 5.56 Å². The van der Waals surface area contributed by atoms with Crippen LogP contribution in [0.15, 0.2) is 47.3 Å². The van der Waals surface area contributed by atoms with Crippen LogP contribution in [0.4, 0.5) is 11.6 Å². The molecule has 34 heavy (non-hydrogen) atoms. The third-order valence-electron chi connectivity index (χ3n) is 6.28. The highest BCUT2D eigenvalue weighted by atomic mass is 16.5. The van der Waals surface area contributed by atoms with Gasteiger partial charge in [-0.1, -0.05) is 13.0 Å². The number of hydrogen-bond acceptors (Lipinski definition) is 7. The van der Waals surface area contributed by atoms with Crippen LogP contribution in [0.25, 0.3) is 0 Å². The Kier molecular flexibility index (Phi) is 7.07. The minimum Gasteiger partial charge on any atom is -0.497 e. The van der Waals surface area contributed by atoms with Crippen molar-refractivity contribution in [2.75, 3.05) is 39.4 Å². The van der Waals surface area contributed by atoms with Crippen molar-refractivity contribution in [2.24, 2.45) is 0 Å². The second-order valence-electron chi connectivity index (χ2n) is 8.31. The zero-order chi connectivity index (χ0) is 24.2. The number of benzene rings is 2. The minimum atomic E-state index is 0.0272. The highest BCUT2D eigenvalue weighted by Crippen LogP contribution is 2.30. The molecule has 0 bridgehead atoms. The molecule has 3 aromatic rings. The first-order chi connectivity index (χ1) is 16.5. The summed E-state index contributed by atoms with van der Waals surface area (Å²) in [4.78, 5) is 22.5. The van der Waals surface area contributed by atoms with Crippen molar-refractivity contribution < 1.29 is 14.2 Å². The summed E-state index contributed by atoms with van der Waals surface area (Å²) in [5.74, 6) is 2.89. The van der Waals surface area contributed by atoms with Gasteiger partial charge in [-0.05, 0) is 61.7 Å². The van der Waals surface area contributed by atoms with E-state index in [2.05, 4.69) is 9.80 Å². The fourth-order valence-corrected chi connectivity index (χ4v) is 4.36. The molecule has 0 aliphatic carbocycles. The van der Waals surface area contributed by atoms with E-state index in [-0.39, 0.29) is 5.56 Å². The molecule has 0 saturated carbocycles. The lowest BCUT2D eigenvalue weighted by molar-refractivity contribution is 0.200. The van der Waals surface area contributed by atoms with Gasteiger partial charge in [-0.25, -0.2) is 4.98 Å². The SMILES string of the molecule is CCc1c(C)nc2n(c1=O)CN(CCc1ccc(OC)c(OC)c1)CN2c1ccc(OC)cc1. The number of aromatic nitrogens is 2. The minimum absolute atomic E-state index is 0.0272. The summed E-state index contributed by atoms with van der Waals surface area (Å²) in [5, 5.41) is 0. The molecule has 180 valence electrons. The van der Waals surface area contributed by atoms with E-state index in [9.17, 15) is 4.79 Å². The van der Waals surface area contributed by atoms with E-state index in [0.717, 1.165) is 41.2 Å². The molecular weight excluding hydrogens is 432 g/mol. The number of aryl methyl sites for hydroxylation is 1. The summed E-state index contributed by atoms with van der Waals surface area (Å²) >= 11 is 0. The molecule has 2 heterocycles. The average molecular weight is 465 g/mol. The van der Waals surface area contributed by atoms with Crippen LogP contribution in [0, 0.1) is 6.92 Å². The van der Waals surface area contributed by atoms with Crippen LogP contribution < -0.4 is 24.7 Å². The van der Waals surface area contributed by atoms with Crippen LogP contribution >= 0.6 is 0 Å². The maximum Gasteiger partial charge on any atom is 0.259 e. The van der Waals surface area contributed by atoms with Crippen LogP contribution in [0.1, 0.15) is 23.7 Å². The summed E-state index contributed by atoms with van der Waals surface area (Å²) in [6.07, 6.45) is 1.47. The monoisotopic (exact) mass is 464 g/mol. The molecular formula is C26H32N4O4. The van der Waals surface area contributed by atoms with Gasteiger partial charge in [0.15, 0.2) is 11.5 Å². The molecule has 1 aromatic heterocycles. The van der Waals surface area contributed by atoms with Gasteiger partial charge in [-0.2, -0.15) is 0 Å². The van der Waals surface area contributed by atoms with Crippen molar-refractivity contribution in [3.63, 3.8) is 0 Å². The van der Waals surface area contributed by atoms with Crippen molar-refractivity contribution in [1.29, 1.82) is 0 Å². The molecule has 0 N–H and O–H groups in total. The first kappa shape index (κ1) is 23.6. The summed E-state index contributed by atoms with van der Waals surface area (Å²) in [6.45, 7) is 5.79. The van der Waals surface area contributed by atoms with Crippen molar-refractivity contribution in [1.82, 2.24) is 14.5 Å². The predicted molar refractivity (Wildman–Crippen MR) is 133 cm³/mol. The Bertz CT molecular complexity index is 1210. The summed E-state index contributed by atoms with van der Waals surface area (Å²) in [6, 6.07) is 13.8. The van der Waals surface area contributed by atoms with Gasteiger partial charge >= 0.3 is 0 Å². The van der Waals surface area contributed by atoms with E-state index in [1.165, 1.54) is 0 Å². The van der Waals surface area contributed by atoms with Gasteiger partial charge in [0.05, 0.1) is 34.7 Å². The van der Waals surface area contributed by atoms with Gasteiger partial charge in [-0.15, -0.1) is 0 Å². The number of methoxy groups -OCH3 is 3. The molecule has 0 fully saturated rings. The van der Waals surface area contributed by atoms with Crippen LogP contribution in [-0.4, -0.2) is 49.0 Å². The number of fused-ring (bicyclic) bond motifs is 1. The molecule has 8 heteroatoms. The Morgan fingerprint density at radius 3 is 2.32 bits per heavy atom. The number of hydrogen-bond donors (Lipinski definition) is 0. The highest BCUT2D eigenvalue weighted by molar-refractivity contribution is 5.59. The van der Waals surface area contributed by atoms with E-state index in [0.29, 0.717) is 37.2 Å². The molecule has 0 atom stereocenters. The Morgan fingerprint density at radius 1 is 0.941 bits per heavy atom. The predicted octanol–water partition coefficient (Wildman–Crippen LogP) is 3.75. The van der Waals surface area contributed by atoms with Crippen LogP contribution in [0.2, 0.25) is 0 Å². The van der Waals surface area contributed by atoms with E-state index >= 15 is 0 Å². The molecule has 8 nitrogen and oxygen atoms in total. The first-order valence-corrected chi connectivity index (χ1v) is 11.4. The maximum atomic E-state index is 13.3. The average Bonchev–Trinajstić information content (AvgIpc) is 2.87. The summed E-state index contributed by atoms with van der Waals surface area (Å²) in [5.41, 5.74) is 3.68. The molecule has 1 aliphatic rings. The third kappa shape index (κ3) is 4.59. The number of ether oxygens (including phenoxy) is 3. The lowest BCUT2D eigenvalue weighted by Crippen LogP contribution is -2.48. The number of anilines is 2. The molecule has 1 aliphatic heterocycles. The molecule has 0 amide bonds. The smallest absolute Gasteiger partial charge is 0.259 e. The number of nitrogens with zero attached hydrogens (tertiary/aromatic N) is 4. The maximum absolute atomic E-state index is 13.3. The molecule has 0 spiro atoms. The van der Waals surface area contributed by atoms with E-state index in [1.807, 2.05) is 56.3 Å². The van der Waals surface area contributed by atoms with E-state index < -0.39 is 0 Å². The Labute approximate surface area is 200 Å². The lowest BCUT2D eigenvalue weighted by Gasteiger charge is -2.38. The van der Waals surface area contributed by atoms with Crippen molar-refractivity contribution in [3.05, 3.63) is 69.6 Å². The zero-order valence-corrected chi connectivity index (χ0v) is 20.5. The Hall–Kier alpha value is -3.52. The molecule has 2 aromatic carbocycles. The molecule has 0 radical (unpaired) electrons. The van der Waals surface area contributed by atoms with Crippen molar-refractivity contribution in [2.45, 2.75) is 33.4 Å². The Morgan fingerprint density at radius 2 is 1.68 bits per heavy atom. The standard InChI is InChI=1S/C26H32N4O4/c1-6-22-18(2)27-26-29(20-8-10-21(32-3)11-9-20)16-28(17-30(26)25(22)31)14-13-19-7-12-23(33-4)24(15-19)34-5/h7-12,15H,6,13-14,16-17H2,1-5H3. The topological polar surface area (TPSA) is 69.1 Å². The second-order valence-corrected chi connectivity index (χ2v) is 8.31. The highest BCUT2D eigenvalue weighted by Gasteiger charge is 2.27. The Balaban J connectivity index is 1.65. The van der Waals surface area contributed by atoms with Gasteiger partial charge in [-0.3, -0.25) is 19.2 Å². The van der Waals surface area contributed by atoms with E-state index in [4.69, 9.17) is 19.2 Å². The molecule has 0 saturated heterocycles. The first-order valence-electron chi connectivity index (χ1n) is 11.4. The van der Waals surface area contributed by atoms with Crippen LogP contribution in [-0.2, 0) is 19.5 Å². The van der Waals surface area contributed by atoms with Crippen LogP contribution in [0.5, 0.6) is 17.2 Å². The lowest BCUT2D eigenvalue weighted by atomic mass is 10.1. The largest absolute Gasteiger partial charge is 0.497 e. The van der Waals surface area contributed by atoms with Crippen LogP contribution in [0.3, 0.4) is 0 Å². The zero-order valence-electron chi connectivity index (χ0n) is 20.5. The van der Waals surface area contributed by atoms with Gasteiger partial charge in [0, 0.05) is 23.5 Å². The molecule has 4 rings (SSSR count). The summed E-state index contributed by atoms with van der Waals surface area (Å²) < 4.78 is 17.9. The van der Waals surface area contributed by atoms with Crippen molar-refractivity contribution >= 4 is 11.6 Å². The van der Waals surface area contributed by atoms with Gasteiger partial charge in [0.1, 0.15) is 5.75 Å². The van der Waals surface area contributed by atoms with E-state index in [1.54, 1.807) is 25.9 Å². The molecule has 0 unspecified atom stereocenters. The normalized spacial score (nSPS) is 13.5. The third-order valence-corrected chi connectivity index (χ3v) is 6.28. The van der Waals surface area contributed by atoms with Crippen molar-refractivity contribution in [3.8, 4) is 17.2 Å². The quantitative estimate of drug-likeness (QED) is 0.503. The van der Waals surface area contributed by atoms with Gasteiger partial charge < -0.3 is 14.2 Å². The summed E-state index contributed by atoms with van der Waals surface area (Å²) in [7, 11) is 4.93.